The van der Waals surface area contributed by atoms with Crippen LogP contribution in [0.1, 0.15) is 5.56 Å². The quantitative estimate of drug-likeness (QED) is 0.518. The molecule has 0 spiro atoms. The van der Waals surface area contributed by atoms with Gasteiger partial charge in [-0.15, -0.1) is 0 Å². The molecule has 0 aliphatic heterocycles. The molecule has 0 bridgehead atoms. The summed E-state index contributed by atoms with van der Waals surface area (Å²) >= 11 is 0. The van der Waals surface area contributed by atoms with E-state index in [9.17, 15) is 18.8 Å². The average Bonchev–Trinajstić information content (AvgIpc) is 2.66. The predicted molar refractivity (Wildman–Crippen MR) is 98.3 cm³/mol. The van der Waals surface area contributed by atoms with Crippen molar-refractivity contribution in [1.29, 1.82) is 5.26 Å². The highest BCUT2D eigenvalue weighted by Crippen LogP contribution is 2.21. The van der Waals surface area contributed by atoms with Gasteiger partial charge in [0.1, 0.15) is 23.2 Å². The maximum Gasteiger partial charge on any atom is 0.319 e. The molecule has 4 amide bonds. The number of hydrogen-bond acceptors (Lipinski definition) is 5. The summed E-state index contributed by atoms with van der Waals surface area (Å²) in [5.41, 5.74) is 5.24. The van der Waals surface area contributed by atoms with Gasteiger partial charge in [0.15, 0.2) is 6.61 Å². The first-order valence-corrected chi connectivity index (χ1v) is 7.89. The lowest BCUT2D eigenvalue weighted by Crippen LogP contribution is -2.35. The molecule has 0 aromatic heterocycles. The van der Waals surface area contributed by atoms with E-state index in [1.807, 2.05) is 0 Å². The number of ether oxygens (including phenoxy) is 1. The van der Waals surface area contributed by atoms with Crippen molar-refractivity contribution in [2.75, 3.05) is 11.9 Å². The number of urea groups is 1. The number of nitrogens with zero attached hydrogens (tertiary/aromatic N) is 1. The molecule has 0 saturated heterocycles. The van der Waals surface area contributed by atoms with Crippen molar-refractivity contribution in [1.82, 2.24) is 5.32 Å². The number of nitriles is 1. The summed E-state index contributed by atoms with van der Waals surface area (Å²) in [5.74, 6) is -1.64. The first kappa shape index (κ1) is 20.1. The summed E-state index contributed by atoms with van der Waals surface area (Å²) in [6.45, 7) is -0.363. The molecule has 9 heteroatoms. The molecular weight excluding hydrogens is 367 g/mol. The van der Waals surface area contributed by atoms with Gasteiger partial charge in [-0.2, -0.15) is 5.26 Å². The fraction of sp³-hybridized carbons (Fsp3) is 0.0526. The normalized spacial score (nSPS) is 10.5. The van der Waals surface area contributed by atoms with Crippen molar-refractivity contribution in [2.45, 2.75) is 0 Å². The highest BCUT2D eigenvalue weighted by atomic mass is 19.1. The Morgan fingerprint density at radius 3 is 2.46 bits per heavy atom. The molecule has 8 nitrogen and oxygen atoms in total. The van der Waals surface area contributed by atoms with Crippen molar-refractivity contribution in [3.63, 3.8) is 0 Å². The number of carbonyl (C=O) groups is 3. The van der Waals surface area contributed by atoms with Gasteiger partial charge in [-0.3, -0.25) is 14.9 Å². The van der Waals surface area contributed by atoms with Gasteiger partial charge in [0.2, 0.25) is 0 Å². The van der Waals surface area contributed by atoms with E-state index in [0.717, 1.165) is 0 Å². The highest BCUT2D eigenvalue weighted by molar-refractivity contribution is 6.08. The summed E-state index contributed by atoms with van der Waals surface area (Å²) in [6, 6.07) is 12.2. The molecule has 0 radical (unpaired) electrons. The summed E-state index contributed by atoms with van der Waals surface area (Å²) in [7, 11) is 0. The van der Waals surface area contributed by atoms with Gasteiger partial charge in [0.05, 0.1) is 0 Å². The monoisotopic (exact) mass is 382 g/mol. The number of primary amides is 1. The molecule has 0 aliphatic carbocycles. The summed E-state index contributed by atoms with van der Waals surface area (Å²) < 4.78 is 18.3. The molecule has 0 aliphatic rings. The second kappa shape index (κ2) is 9.49. The molecule has 28 heavy (non-hydrogen) atoms. The largest absolute Gasteiger partial charge is 0.483 e. The van der Waals surface area contributed by atoms with Crippen LogP contribution < -0.4 is 21.1 Å². The molecule has 0 fully saturated rings. The van der Waals surface area contributed by atoms with Crippen LogP contribution >= 0.6 is 0 Å². The number of para-hydroxylation sites is 1. The van der Waals surface area contributed by atoms with Gasteiger partial charge >= 0.3 is 6.03 Å². The van der Waals surface area contributed by atoms with Crippen molar-refractivity contribution in [3.8, 4) is 11.8 Å². The number of benzene rings is 2. The summed E-state index contributed by atoms with van der Waals surface area (Å²) in [4.78, 5) is 34.5. The second-order valence-corrected chi connectivity index (χ2v) is 5.37. The van der Waals surface area contributed by atoms with Crippen LogP contribution in [-0.2, 0) is 9.59 Å². The average molecular weight is 382 g/mol. The van der Waals surface area contributed by atoms with Gasteiger partial charge in [0, 0.05) is 11.3 Å². The fourth-order valence-corrected chi connectivity index (χ4v) is 2.09. The molecule has 0 heterocycles. The van der Waals surface area contributed by atoms with Crippen LogP contribution in [0.15, 0.2) is 54.1 Å². The first-order chi connectivity index (χ1) is 13.4. The Morgan fingerprint density at radius 1 is 1.14 bits per heavy atom. The van der Waals surface area contributed by atoms with Crippen molar-refractivity contribution in [2.24, 2.45) is 5.73 Å². The van der Waals surface area contributed by atoms with Crippen LogP contribution in [-0.4, -0.2) is 24.5 Å². The topological polar surface area (TPSA) is 134 Å². The maximum atomic E-state index is 12.9. The SMILES string of the molecule is N#C/C(=C/c1ccccc1OCC(=O)Nc1ccc(F)cc1)C(=O)NC(N)=O. The molecule has 2 aromatic rings. The zero-order valence-electron chi connectivity index (χ0n) is 14.4. The van der Waals surface area contributed by atoms with E-state index in [4.69, 9.17) is 15.7 Å². The van der Waals surface area contributed by atoms with Gasteiger partial charge in [-0.05, 0) is 36.4 Å². The Bertz CT molecular complexity index is 965. The Morgan fingerprint density at radius 2 is 1.82 bits per heavy atom. The van der Waals surface area contributed by atoms with E-state index in [1.54, 1.807) is 29.6 Å². The third kappa shape index (κ3) is 5.96. The molecule has 0 saturated carbocycles. The number of nitrogens with two attached hydrogens (primary N) is 1. The minimum Gasteiger partial charge on any atom is -0.483 e. The molecule has 0 atom stereocenters. The lowest BCUT2D eigenvalue weighted by molar-refractivity contribution is -0.118. The number of nitrogens with one attached hydrogen (secondary N) is 2. The molecule has 4 N–H and O–H groups in total. The Balaban J connectivity index is 2.08. The predicted octanol–water partition coefficient (Wildman–Crippen LogP) is 1.95. The lowest BCUT2D eigenvalue weighted by atomic mass is 10.1. The van der Waals surface area contributed by atoms with E-state index >= 15 is 0 Å². The summed E-state index contributed by atoms with van der Waals surface area (Å²) in [6.07, 6.45) is 1.20. The first-order valence-electron chi connectivity index (χ1n) is 7.89. The third-order valence-corrected chi connectivity index (χ3v) is 3.31. The zero-order valence-corrected chi connectivity index (χ0v) is 14.4. The van der Waals surface area contributed by atoms with Gasteiger partial charge in [0.25, 0.3) is 11.8 Å². The van der Waals surface area contributed by atoms with Crippen LogP contribution in [0.4, 0.5) is 14.9 Å². The van der Waals surface area contributed by atoms with E-state index in [1.165, 1.54) is 36.4 Å². The number of anilines is 1. The number of imide groups is 1. The smallest absolute Gasteiger partial charge is 0.319 e. The number of amides is 4. The second-order valence-electron chi connectivity index (χ2n) is 5.37. The number of halogens is 1. The third-order valence-electron chi connectivity index (χ3n) is 3.31. The van der Waals surface area contributed by atoms with Crippen molar-refractivity contribution in [3.05, 3.63) is 65.5 Å². The van der Waals surface area contributed by atoms with Crippen LogP contribution in [0.25, 0.3) is 6.08 Å². The van der Waals surface area contributed by atoms with Gasteiger partial charge in [-0.25, -0.2) is 9.18 Å². The van der Waals surface area contributed by atoms with Gasteiger partial charge in [-0.1, -0.05) is 18.2 Å². The van der Waals surface area contributed by atoms with E-state index in [2.05, 4.69) is 5.32 Å². The van der Waals surface area contributed by atoms with Crippen LogP contribution in [0.3, 0.4) is 0 Å². The molecule has 0 unspecified atom stereocenters. The highest BCUT2D eigenvalue weighted by Gasteiger charge is 2.13. The Labute approximate surface area is 159 Å². The fourth-order valence-electron chi connectivity index (χ4n) is 2.09. The van der Waals surface area contributed by atoms with E-state index < -0.39 is 23.7 Å². The van der Waals surface area contributed by atoms with Crippen LogP contribution in [0.2, 0.25) is 0 Å². The molecule has 2 rings (SSSR count). The van der Waals surface area contributed by atoms with Crippen LogP contribution in [0, 0.1) is 17.1 Å². The van der Waals surface area contributed by atoms with Gasteiger partial charge < -0.3 is 15.8 Å². The summed E-state index contributed by atoms with van der Waals surface area (Å²) in [5, 5.41) is 13.4. The van der Waals surface area contributed by atoms with Crippen molar-refractivity contribution < 1.29 is 23.5 Å². The van der Waals surface area contributed by atoms with E-state index in [-0.39, 0.29) is 17.9 Å². The molecule has 2 aromatic carbocycles. The lowest BCUT2D eigenvalue weighted by Gasteiger charge is -2.10. The standard InChI is InChI=1S/C19H15FN4O4/c20-14-5-7-15(8-6-14)23-17(25)11-28-16-4-2-1-3-12(16)9-13(10-21)18(26)24-19(22)27/h1-9H,11H2,(H,23,25)(H3,22,24,26,27)/b13-9-. The minimum absolute atomic E-state index is 0.233. The Kier molecular flexibility index (Phi) is 6.82. The van der Waals surface area contributed by atoms with Crippen LogP contribution in [0.5, 0.6) is 5.75 Å². The molecule has 142 valence electrons. The number of hydrogen-bond donors (Lipinski definition) is 3. The zero-order chi connectivity index (χ0) is 20.5. The number of carbonyl (C=O) groups excluding carboxylic acids is 3. The molecular formula is C19H15FN4O4. The number of rotatable bonds is 6. The van der Waals surface area contributed by atoms with E-state index in [0.29, 0.717) is 11.3 Å². The minimum atomic E-state index is -1.09. The maximum absolute atomic E-state index is 12.9. The Hall–Kier alpha value is -4.19. The van der Waals surface area contributed by atoms with Crippen molar-refractivity contribution >= 4 is 29.6 Å².